The van der Waals surface area contributed by atoms with Gasteiger partial charge < -0.3 is 16.4 Å². The first-order valence-corrected chi connectivity index (χ1v) is 4.58. The van der Waals surface area contributed by atoms with E-state index in [9.17, 15) is 9.59 Å². The summed E-state index contributed by atoms with van der Waals surface area (Å²) in [5.41, 5.74) is -1.53. The van der Waals surface area contributed by atoms with Crippen LogP contribution in [-0.2, 0) is 15.0 Å². The summed E-state index contributed by atoms with van der Waals surface area (Å²) in [4.78, 5) is 22.2. The minimum atomic E-state index is -1.83. The second kappa shape index (κ2) is 5.27. The van der Waals surface area contributed by atoms with Crippen molar-refractivity contribution in [1.29, 1.82) is 0 Å². The molecule has 16 heavy (non-hydrogen) atoms. The van der Waals surface area contributed by atoms with Gasteiger partial charge in [-0.2, -0.15) is 0 Å². The molecule has 1 aromatic carbocycles. The second-order valence-corrected chi connectivity index (χ2v) is 3.24. The quantitative estimate of drug-likeness (QED) is 0.675. The SMILES string of the molecule is CCC(C(=O)O)(C(=O)O)c1ccccc1.N. The van der Waals surface area contributed by atoms with Gasteiger partial charge in [0.1, 0.15) is 0 Å². The molecule has 0 saturated carbocycles. The average molecular weight is 225 g/mol. The standard InChI is InChI=1S/C11H12O4.H3N/c1-2-11(9(12)13,10(14)15)8-6-4-3-5-7-8;/h3-7H,2H2,1H3,(H,12,13)(H,14,15);1H3. The van der Waals surface area contributed by atoms with E-state index in [2.05, 4.69) is 0 Å². The molecule has 0 heterocycles. The van der Waals surface area contributed by atoms with Crippen molar-refractivity contribution in [2.45, 2.75) is 18.8 Å². The summed E-state index contributed by atoms with van der Waals surface area (Å²) >= 11 is 0. The molecule has 0 atom stereocenters. The van der Waals surface area contributed by atoms with Gasteiger partial charge in [0.2, 0.25) is 0 Å². The van der Waals surface area contributed by atoms with Gasteiger partial charge in [-0.05, 0) is 12.0 Å². The fraction of sp³-hybridized carbons (Fsp3) is 0.273. The van der Waals surface area contributed by atoms with E-state index in [0.717, 1.165) is 0 Å². The van der Waals surface area contributed by atoms with Crippen molar-refractivity contribution >= 4 is 11.9 Å². The van der Waals surface area contributed by atoms with Crippen LogP contribution >= 0.6 is 0 Å². The molecule has 0 unspecified atom stereocenters. The van der Waals surface area contributed by atoms with Gasteiger partial charge in [-0.15, -0.1) is 0 Å². The van der Waals surface area contributed by atoms with Crippen molar-refractivity contribution in [2.24, 2.45) is 0 Å². The number of hydrogen-bond acceptors (Lipinski definition) is 3. The fourth-order valence-corrected chi connectivity index (χ4v) is 1.57. The van der Waals surface area contributed by atoms with Crippen molar-refractivity contribution in [2.75, 3.05) is 0 Å². The molecule has 0 aliphatic carbocycles. The van der Waals surface area contributed by atoms with Gasteiger partial charge in [0.15, 0.2) is 5.41 Å². The van der Waals surface area contributed by atoms with E-state index >= 15 is 0 Å². The van der Waals surface area contributed by atoms with E-state index in [-0.39, 0.29) is 12.6 Å². The minimum Gasteiger partial charge on any atom is -0.480 e. The lowest BCUT2D eigenvalue weighted by molar-refractivity contribution is -0.157. The zero-order valence-corrected chi connectivity index (χ0v) is 9.01. The molecule has 5 N–H and O–H groups in total. The van der Waals surface area contributed by atoms with Crippen LogP contribution in [0.2, 0.25) is 0 Å². The Morgan fingerprint density at radius 2 is 1.56 bits per heavy atom. The van der Waals surface area contributed by atoms with Crippen LogP contribution in [0.5, 0.6) is 0 Å². The summed E-state index contributed by atoms with van der Waals surface area (Å²) in [6.45, 7) is 1.55. The maximum Gasteiger partial charge on any atom is 0.325 e. The Hall–Kier alpha value is -1.88. The molecule has 0 aliphatic heterocycles. The molecular weight excluding hydrogens is 210 g/mol. The van der Waals surface area contributed by atoms with Crippen LogP contribution in [-0.4, -0.2) is 22.2 Å². The molecule has 0 radical (unpaired) electrons. The van der Waals surface area contributed by atoms with Crippen LogP contribution in [0.25, 0.3) is 0 Å². The van der Waals surface area contributed by atoms with Crippen LogP contribution in [0.3, 0.4) is 0 Å². The highest BCUT2D eigenvalue weighted by molar-refractivity contribution is 6.04. The summed E-state index contributed by atoms with van der Waals surface area (Å²) in [7, 11) is 0. The maximum absolute atomic E-state index is 11.1. The topological polar surface area (TPSA) is 110 Å². The first kappa shape index (κ1) is 14.1. The van der Waals surface area contributed by atoms with Crippen molar-refractivity contribution in [1.82, 2.24) is 6.15 Å². The molecule has 0 saturated heterocycles. The lowest BCUT2D eigenvalue weighted by Gasteiger charge is -2.23. The monoisotopic (exact) mass is 225 g/mol. The molecule has 88 valence electrons. The molecule has 0 spiro atoms. The molecule has 0 amide bonds. The summed E-state index contributed by atoms with van der Waals surface area (Å²) in [6.07, 6.45) is 0.0156. The van der Waals surface area contributed by atoms with Crippen LogP contribution < -0.4 is 6.15 Å². The lowest BCUT2D eigenvalue weighted by atomic mass is 9.78. The van der Waals surface area contributed by atoms with Gasteiger partial charge in [-0.3, -0.25) is 9.59 Å². The molecule has 0 bridgehead atoms. The normalized spacial score (nSPS) is 10.3. The summed E-state index contributed by atoms with van der Waals surface area (Å²) in [5, 5.41) is 18.1. The largest absolute Gasteiger partial charge is 0.480 e. The Morgan fingerprint density at radius 1 is 1.12 bits per heavy atom. The van der Waals surface area contributed by atoms with Crippen LogP contribution in [0, 0.1) is 0 Å². The first-order valence-electron chi connectivity index (χ1n) is 4.58. The third-order valence-electron chi connectivity index (χ3n) is 2.53. The van der Waals surface area contributed by atoms with Gasteiger partial charge >= 0.3 is 11.9 Å². The van der Waals surface area contributed by atoms with Crippen molar-refractivity contribution in [3.05, 3.63) is 35.9 Å². The fourth-order valence-electron chi connectivity index (χ4n) is 1.57. The van der Waals surface area contributed by atoms with Gasteiger partial charge in [-0.1, -0.05) is 37.3 Å². The number of aliphatic carboxylic acids is 2. The summed E-state index contributed by atoms with van der Waals surface area (Å²) < 4.78 is 0. The highest BCUT2D eigenvalue weighted by Gasteiger charge is 2.46. The number of benzene rings is 1. The molecule has 0 aliphatic rings. The third kappa shape index (κ3) is 2.04. The number of hydrogen-bond donors (Lipinski definition) is 3. The van der Waals surface area contributed by atoms with Crippen molar-refractivity contribution in [3.63, 3.8) is 0 Å². The predicted molar refractivity (Wildman–Crippen MR) is 58.7 cm³/mol. The van der Waals surface area contributed by atoms with Gasteiger partial charge in [0, 0.05) is 0 Å². The van der Waals surface area contributed by atoms with E-state index < -0.39 is 17.4 Å². The third-order valence-corrected chi connectivity index (χ3v) is 2.53. The zero-order valence-electron chi connectivity index (χ0n) is 9.01. The molecule has 1 aromatic rings. The molecule has 0 fully saturated rings. The van der Waals surface area contributed by atoms with Gasteiger partial charge in [0.25, 0.3) is 0 Å². The molecule has 5 nitrogen and oxygen atoms in total. The highest BCUT2D eigenvalue weighted by Crippen LogP contribution is 2.28. The van der Waals surface area contributed by atoms with Crippen LogP contribution in [0.15, 0.2) is 30.3 Å². The highest BCUT2D eigenvalue weighted by atomic mass is 16.4. The second-order valence-electron chi connectivity index (χ2n) is 3.24. The van der Waals surface area contributed by atoms with Crippen LogP contribution in [0.1, 0.15) is 18.9 Å². The lowest BCUT2D eigenvalue weighted by Crippen LogP contribution is -2.43. The van der Waals surface area contributed by atoms with Crippen LogP contribution in [0.4, 0.5) is 0 Å². The Kier molecular flexibility index (Phi) is 4.65. The molecule has 5 heteroatoms. The number of carbonyl (C=O) groups is 2. The van der Waals surface area contributed by atoms with Crippen molar-refractivity contribution in [3.8, 4) is 0 Å². The average Bonchev–Trinajstić information content (AvgIpc) is 2.20. The van der Waals surface area contributed by atoms with Crippen molar-refractivity contribution < 1.29 is 19.8 Å². The molecule has 0 aromatic heterocycles. The molecular formula is C11H15NO4. The van der Waals surface area contributed by atoms with Gasteiger partial charge in [0.05, 0.1) is 0 Å². The predicted octanol–water partition coefficient (Wildman–Crippen LogP) is 1.67. The van der Waals surface area contributed by atoms with E-state index in [4.69, 9.17) is 10.2 Å². The number of carboxylic acids is 2. The van der Waals surface area contributed by atoms with E-state index in [1.54, 1.807) is 25.1 Å². The van der Waals surface area contributed by atoms with Gasteiger partial charge in [-0.25, -0.2) is 0 Å². The number of carboxylic acid groups (broad SMARTS) is 2. The van der Waals surface area contributed by atoms with E-state index in [1.165, 1.54) is 12.1 Å². The smallest absolute Gasteiger partial charge is 0.325 e. The maximum atomic E-state index is 11.1. The van der Waals surface area contributed by atoms with E-state index in [1.807, 2.05) is 0 Å². The summed E-state index contributed by atoms with van der Waals surface area (Å²) in [5.74, 6) is -2.66. The first-order chi connectivity index (χ1) is 7.05. The number of rotatable bonds is 4. The minimum absolute atomic E-state index is 0. The zero-order chi connectivity index (χ0) is 11.5. The Labute approximate surface area is 93.3 Å². The van der Waals surface area contributed by atoms with E-state index in [0.29, 0.717) is 5.56 Å². The Bertz CT molecular complexity index is 361. The molecule has 1 rings (SSSR count). The Balaban J connectivity index is 0.00000225. The summed E-state index contributed by atoms with van der Waals surface area (Å²) in [6, 6.07) is 8.02. The Morgan fingerprint density at radius 3 is 1.88 bits per heavy atom.